The number of aromatic nitrogens is 3. The number of likely N-dealkylation sites (N-methyl/N-ethyl adjacent to an activating group) is 1. The number of anilines is 1. The summed E-state index contributed by atoms with van der Waals surface area (Å²) >= 11 is 6.35. The van der Waals surface area contributed by atoms with Crippen molar-refractivity contribution in [3.63, 3.8) is 0 Å². The fourth-order valence-electron chi connectivity index (χ4n) is 4.85. The summed E-state index contributed by atoms with van der Waals surface area (Å²) in [5.41, 5.74) is 7.05. The number of ether oxygens (including phenoxy) is 1. The summed E-state index contributed by atoms with van der Waals surface area (Å²) in [5.74, 6) is 1.58. The van der Waals surface area contributed by atoms with Gasteiger partial charge in [-0.05, 0) is 61.1 Å². The van der Waals surface area contributed by atoms with Gasteiger partial charge < -0.3 is 19.5 Å². The number of imidazole rings is 1. The van der Waals surface area contributed by atoms with Gasteiger partial charge in [0.15, 0.2) is 5.82 Å². The molecule has 0 radical (unpaired) electrons. The van der Waals surface area contributed by atoms with Crippen LogP contribution in [0.4, 0.5) is 5.69 Å². The molecule has 2 aromatic heterocycles. The second-order valence-electron chi connectivity index (χ2n) is 9.79. The Labute approximate surface area is 240 Å². The van der Waals surface area contributed by atoms with E-state index in [4.69, 9.17) is 26.3 Å². The number of halogens is 2. The molecule has 1 aliphatic heterocycles. The minimum atomic E-state index is 0. The van der Waals surface area contributed by atoms with E-state index in [9.17, 15) is 0 Å². The fraction of sp³-hybridized carbons (Fsp3) is 0.226. The number of benzene rings is 3. The number of rotatable bonds is 7. The molecule has 0 bridgehead atoms. The molecule has 1 aliphatic rings. The van der Waals surface area contributed by atoms with Crippen LogP contribution in [0, 0.1) is 0 Å². The third-order valence-corrected chi connectivity index (χ3v) is 7.25. The molecule has 1 N–H and O–H groups in total. The molecular formula is C31H31Cl2N5O. The van der Waals surface area contributed by atoms with Gasteiger partial charge in [-0.15, -0.1) is 12.4 Å². The van der Waals surface area contributed by atoms with Crippen molar-refractivity contribution in [2.75, 3.05) is 38.1 Å². The van der Waals surface area contributed by atoms with Crippen molar-refractivity contribution in [2.45, 2.75) is 13.0 Å². The van der Waals surface area contributed by atoms with E-state index in [1.165, 1.54) is 5.69 Å². The third-order valence-electron chi connectivity index (χ3n) is 7.01. The summed E-state index contributed by atoms with van der Waals surface area (Å²) in [5, 5.41) is 0.677. The Morgan fingerprint density at radius 1 is 0.872 bits per heavy atom. The predicted octanol–water partition coefficient (Wildman–Crippen LogP) is 6.62. The predicted molar refractivity (Wildman–Crippen MR) is 161 cm³/mol. The number of nitrogens with zero attached hydrogens (tertiary/aromatic N) is 4. The standard InChI is InChI=1S/C31H30ClN5O.ClH/c1-36-14-16-37(17-15-36)26-11-12-27-29(20-26)35-31(34-27)28-9-5-8-25(33-28)19-23-18-24(32)10-13-30(23)38-21-22-6-3-2-4-7-22;/h2-13,18,20H,14-17,19,21H2,1H3,(H,34,35);1H. The van der Waals surface area contributed by atoms with Gasteiger partial charge in [0, 0.05) is 54.6 Å². The van der Waals surface area contributed by atoms with Crippen LogP contribution in [0.3, 0.4) is 0 Å². The summed E-state index contributed by atoms with van der Waals surface area (Å²) in [7, 11) is 2.17. The summed E-state index contributed by atoms with van der Waals surface area (Å²) in [4.78, 5) is 18.1. The second-order valence-corrected chi connectivity index (χ2v) is 10.2. The van der Waals surface area contributed by atoms with E-state index >= 15 is 0 Å². The van der Waals surface area contributed by atoms with Gasteiger partial charge in [-0.25, -0.2) is 9.97 Å². The van der Waals surface area contributed by atoms with Gasteiger partial charge >= 0.3 is 0 Å². The average Bonchev–Trinajstić information content (AvgIpc) is 3.38. The zero-order valence-electron chi connectivity index (χ0n) is 21.8. The number of pyridine rings is 1. The molecule has 1 fully saturated rings. The van der Waals surface area contributed by atoms with Crippen molar-refractivity contribution in [1.29, 1.82) is 0 Å². The Hall–Kier alpha value is -3.58. The van der Waals surface area contributed by atoms with Crippen molar-refractivity contribution >= 4 is 40.7 Å². The molecular weight excluding hydrogens is 529 g/mol. The Kier molecular flexibility index (Phi) is 8.36. The first kappa shape index (κ1) is 27.0. The van der Waals surface area contributed by atoms with Gasteiger partial charge in [0.05, 0.1) is 11.0 Å². The van der Waals surface area contributed by atoms with Crippen LogP contribution < -0.4 is 9.64 Å². The molecule has 200 valence electrons. The Morgan fingerprint density at radius 2 is 1.69 bits per heavy atom. The number of hydrogen-bond donors (Lipinski definition) is 1. The SMILES string of the molecule is CN1CCN(c2ccc3nc(-c4cccc(Cc5cc(Cl)ccc5OCc5ccccc5)n4)[nH]c3c2)CC1.Cl. The number of H-pyrrole nitrogens is 1. The third kappa shape index (κ3) is 6.36. The minimum Gasteiger partial charge on any atom is -0.489 e. The lowest BCUT2D eigenvalue weighted by molar-refractivity contribution is 0.303. The Bertz CT molecular complexity index is 1550. The molecule has 1 saturated heterocycles. The minimum absolute atomic E-state index is 0. The highest BCUT2D eigenvalue weighted by molar-refractivity contribution is 6.30. The van der Waals surface area contributed by atoms with Gasteiger partial charge in [0.25, 0.3) is 0 Å². The molecule has 3 heterocycles. The lowest BCUT2D eigenvalue weighted by atomic mass is 10.1. The van der Waals surface area contributed by atoms with Crippen molar-refractivity contribution in [3.8, 4) is 17.3 Å². The Balaban J connectivity index is 0.00000308. The molecule has 0 spiro atoms. The highest BCUT2D eigenvalue weighted by Crippen LogP contribution is 2.28. The first-order chi connectivity index (χ1) is 18.6. The van der Waals surface area contributed by atoms with Crippen molar-refractivity contribution in [2.24, 2.45) is 0 Å². The van der Waals surface area contributed by atoms with Gasteiger partial charge in [-0.3, -0.25) is 0 Å². The van der Waals surface area contributed by atoms with Crippen LogP contribution in [-0.2, 0) is 13.0 Å². The van der Waals surface area contributed by atoms with Crippen LogP contribution in [0.1, 0.15) is 16.8 Å². The van der Waals surface area contributed by atoms with E-state index in [-0.39, 0.29) is 12.4 Å². The molecule has 0 aliphatic carbocycles. The van der Waals surface area contributed by atoms with E-state index in [0.717, 1.165) is 71.3 Å². The maximum absolute atomic E-state index is 6.35. The van der Waals surface area contributed by atoms with Gasteiger partial charge in [-0.2, -0.15) is 0 Å². The smallest absolute Gasteiger partial charge is 0.157 e. The quantitative estimate of drug-likeness (QED) is 0.243. The van der Waals surface area contributed by atoms with E-state index < -0.39 is 0 Å². The Morgan fingerprint density at radius 3 is 2.51 bits per heavy atom. The number of aromatic amines is 1. The fourth-order valence-corrected chi connectivity index (χ4v) is 5.04. The van der Waals surface area contributed by atoms with Gasteiger partial charge in [0.2, 0.25) is 0 Å². The average molecular weight is 561 g/mol. The van der Waals surface area contributed by atoms with E-state index in [1.807, 2.05) is 54.6 Å². The lowest BCUT2D eigenvalue weighted by Crippen LogP contribution is -2.44. The summed E-state index contributed by atoms with van der Waals surface area (Å²) in [6, 6.07) is 28.4. The molecule has 8 heteroatoms. The zero-order chi connectivity index (χ0) is 25.9. The van der Waals surface area contributed by atoms with E-state index in [2.05, 4.69) is 52.2 Å². The van der Waals surface area contributed by atoms with Crippen LogP contribution in [0.2, 0.25) is 5.02 Å². The summed E-state index contributed by atoms with van der Waals surface area (Å²) < 4.78 is 6.16. The molecule has 0 amide bonds. The highest BCUT2D eigenvalue weighted by Gasteiger charge is 2.16. The van der Waals surface area contributed by atoms with Crippen LogP contribution in [0.25, 0.3) is 22.6 Å². The molecule has 6 nitrogen and oxygen atoms in total. The van der Waals surface area contributed by atoms with Crippen molar-refractivity contribution in [3.05, 3.63) is 107 Å². The van der Waals surface area contributed by atoms with Crippen molar-refractivity contribution in [1.82, 2.24) is 19.9 Å². The molecule has 0 unspecified atom stereocenters. The number of fused-ring (bicyclic) bond motifs is 1. The van der Waals surface area contributed by atoms with E-state index in [1.54, 1.807) is 0 Å². The van der Waals surface area contributed by atoms with Gasteiger partial charge in [-0.1, -0.05) is 48.0 Å². The van der Waals surface area contributed by atoms with Crippen LogP contribution >= 0.6 is 24.0 Å². The number of piperazine rings is 1. The van der Waals surface area contributed by atoms with E-state index in [0.29, 0.717) is 18.1 Å². The summed E-state index contributed by atoms with van der Waals surface area (Å²) in [6.45, 7) is 4.72. The molecule has 0 atom stereocenters. The molecule has 3 aromatic carbocycles. The zero-order valence-corrected chi connectivity index (χ0v) is 23.4. The van der Waals surface area contributed by atoms with Crippen LogP contribution in [0.5, 0.6) is 5.75 Å². The van der Waals surface area contributed by atoms with Crippen molar-refractivity contribution < 1.29 is 4.74 Å². The van der Waals surface area contributed by atoms with Crippen LogP contribution in [-0.4, -0.2) is 53.1 Å². The molecule has 0 saturated carbocycles. The maximum atomic E-state index is 6.35. The van der Waals surface area contributed by atoms with Gasteiger partial charge in [0.1, 0.15) is 18.1 Å². The molecule has 5 aromatic rings. The summed E-state index contributed by atoms with van der Waals surface area (Å²) in [6.07, 6.45) is 0.603. The molecule has 39 heavy (non-hydrogen) atoms. The second kappa shape index (κ2) is 12.1. The normalized spacial score (nSPS) is 13.8. The largest absolute Gasteiger partial charge is 0.489 e. The highest BCUT2D eigenvalue weighted by atomic mass is 35.5. The maximum Gasteiger partial charge on any atom is 0.157 e. The monoisotopic (exact) mass is 559 g/mol. The number of hydrogen-bond acceptors (Lipinski definition) is 5. The molecule has 6 rings (SSSR count). The first-order valence-electron chi connectivity index (χ1n) is 13.0. The van der Waals surface area contributed by atoms with Crippen LogP contribution in [0.15, 0.2) is 84.9 Å². The lowest BCUT2D eigenvalue weighted by Gasteiger charge is -2.34. The first-order valence-corrected chi connectivity index (χ1v) is 13.3. The topological polar surface area (TPSA) is 57.3 Å². The number of nitrogens with one attached hydrogen (secondary N) is 1.